The third-order valence-electron chi connectivity index (χ3n) is 6.18. The van der Waals surface area contributed by atoms with Crippen molar-refractivity contribution >= 4 is 0 Å². The average molecular weight is 393 g/mol. The van der Waals surface area contributed by atoms with Crippen molar-refractivity contribution in [2.75, 3.05) is 0 Å². The van der Waals surface area contributed by atoms with Crippen LogP contribution in [0.3, 0.4) is 0 Å². The van der Waals surface area contributed by atoms with Crippen LogP contribution in [0.25, 0.3) is 11.1 Å². The van der Waals surface area contributed by atoms with Gasteiger partial charge in [0.05, 0.1) is 0 Å². The van der Waals surface area contributed by atoms with Gasteiger partial charge in [-0.3, -0.25) is 4.98 Å². The summed E-state index contributed by atoms with van der Waals surface area (Å²) in [6.07, 6.45) is 3.98. The minimum absolute atomic E-state index is 0.275. The van der Waals surface area contributed by atoms with E-state index >= 15 is 0 Å². The normalized spacial score (nSPS) is 21.5. The fourth-order valence-corrected chi connectivity index (χ4v) is 4.43. The van der Waals surface area contributed by atoms with E-state index in [0.29, 0.717) is 11.5 Å². The molecule has 28 heavy (non-hydrogen) atoms. The molecule has 0 radical (unpaired) electrons. The number of nitrogens with zero attached hydrogens (tertiary/aromatic N) is 1. The topological polar surface area (TPSA) is 12.9 Å². The van der Waals surface area contributed by atoms with Crippen LogP contribution in [0.1, 0.15) is 69.5 Å². The second-order valence-electron chi connectivity index (χ2n) is 8.03. The zero-order valence-corrected chi connectivity index (χ0v) is 16.4. The summed E-state index contributed by atoms with van der Waals surface area (Å²) in [5.74, 6) is 1.26. The molecule has 1 aromatic heterocycles. The van der Waals surface area contributed by atoms with Gasteiger partial charge in [-0.05, 0) is 48.3 Å². The Morgan fingerprint density at radius 1 is 1.07 bits per heavy atom. The molecule has 1 atom stereocenters. The van der Waals surface area contributed by atoms with Crippen LogP contribution in [-0.4, -0.2) is 4.98 Å². The Balaban J connectivity index is 1.72. The molecule has 1 aromatic carbocycles. The second-order valence-corrected chi connectivity index (χ2v) is 8.03. The van der Waals surface area contributed by atoms with E-state index in [2.05, 4.69) is 18.8 Å². The molecule has 0 N–H and O–H groups in total. The molecule has 5 heteroatoms. The van der Waals surface area contributed by atoms with E-state index < -0.39 is 17.7 Å². The molecule has 0 bridgehead atoms. The summed E-state index contributed by atoms with van der Waals surface area (Å²) >= 11 is 0. The summed E-state index contributed by atoms with van der Waals surface area (Å²) in [5, 5.41) is 0. The maximum atomic E-state index is 14.7. The molecular formula is C23H27F4N. The Morgan fingerprint density at radius 3 is 2.32 bits per heavy atom. The minimum Gasteiger partial charge on any atom is -0.251 e. The van der Waals surface area contributed by atoms with Gasteiger partial charge in [-0.2, -0.15) is 13.2 Å². The number of pyridine rings is 1. The molecule has 1 heterocycles. The van der Waals surface area contributed by atoms with Gasteiger partial charge in [0, 0.05) is 17.3 Å². The molecule has 0 amide bonds. The van der Waals surface area contributed by atoms with Crippen LogP contribution < -0.4 is 0 Å². The smallest absolute Gasteiger partial charge is 0.251 e. The van der Waals surface area contributed by atoms with E-state index in [1.165, 1.54) is 50.7 Å². The van der Waals surface area contributed by atoms with Gasteiger partial charge < -0.3 is 0 Å². The van der Waals surface area contributed by atoms with Crippen LogP contribution in [0.4, 0.5) is 17.6 Å². The highest BCUT2D eigenvalue weighted by Gasteiger charge is 2.32. The third-order valence-corrected chi connectivity index (χ3v) is 6.18. The molecule has 1 aliphatic rings. The summed E-state index contributed by atoms with van der Waals surface area (Å²) < 4.78 is 52.7. The predicted octanol–water partition coefficient (Wildman–Crippen LogP) is 7.62. The van der Waals surface area contributed by atoms with Crippen LogP contribution in [-0.2, 0) is 6.18 Å². The minimum atomic E-state index is -4.49. The summed E-state index contributed by atoms with van der Waals surface area (Å²) in [5.41, 5.74) is 0.620. The standard InChI is InChI=1S/C23H27F4N/c1-3-4-16-5-7-17(8-6-16)15(2)18-9-11-20(21(24)13-18)19-10-12-22(28-14-19)23(25,26)27/h9-17H,3-8H2,1-2H3. The van der Waals surface area contributed by atoms with Crippen LogP contribution in [0, 0.1) is 17.7 Å². The van der Waals surface area contributed by atoms with E-state index in [4.69, 9.17) is 0 Å². The lowest BCUT2D eigenvalue weighted by Crippen LogP contribution is -2.19. The van der Waals surface area contributed by atoms with Gasteiger partial charge in [0.15, 0.2) is 0 Å². The molecule has 1 unspecified atom stereocenters. The van der Waals surface area contributed by atoms with Gasteiger partial charge in [0.2, 0.25) is 0 Å². The zero-order chi connectivity index (χ0) is 20.3. The molecule has 0 saturated heterocycles. The predicted molar refractivity (Wildman–Crippen MR) is 103 cm³/mol. The summed E-state index contributed by atoms with van der Waals surface area (Å²) in [6, 6.07) is 7.26. The second kappa shape index (κ2) is 8.62. The van der Waals surface area contributed by atoms with Crippen molar-refractivity contribution < 1.29 is 17.6 Å². The number of hydrogen-bond donors (Lipinski definition) is 0. The summed E-state index contributed by atoms with van der Waals surface area (Å²) in [4.78, 5) is 3.43. The van der Waals surface area contributed by atoms with E-state index in [-0.39, 0.29) is 11.5 Å². The molecular weight excluding hydrogens is 366 g/mol. The lowest BCUT2D eigenvalue weighted by atomic mass is 9.73. The molecule has 1 fully saturated rings. The Labute approximate surface area is 164 Å². The van der Waals surface area contributed by atoms with Crippen molar-refractivity contribution in [3.63, 3.8) is 0 Å². The highest BCUT2D eigenvalue weighted by molar-refractivity contribution is 5.63. The lowest BCUT2D eigenvalue weighted by molar-refractivity contribution is -0.141. The van der Waals surface area contributed by atoms with Crippen molar-refractivity contribution in [1.82, 2.24) is 4.98 Å². The fourth-order valence-electron chi connectivity index (χ4n) is 4.43. The monoisotopic (exact) mass is 393 g/mol. The maximum absolute atomic E-state index is 14.7. The van der Waals surface area contributed by atoms with Gasteiger partial charge in [0.1, 0.15) is 11.5 Å². The van der Waals surface area contributed by atoms with Crippen molar-refractivity contribution in [2.24, 2.45) is 11.8 Å². The largest absolute Gasteiger partial charge is 0.433 e. The summed E-state index contributed by atoms with van der Waals surface area (Å²) in [6.45, 7) is 4.38. The molecule has 2 aromatic rings. The van der Waals surface area contributed by atoms with Gasteiger partial charge in [-0.15, -0.1) is 0 Å². The molecule has 1 saturated carbocycles. The molecule has 152 valence electrons. The Kier molecular flexibility index (Phi) is 6.41. The van der Waals surface area contributed by atoms with Gasteiger partial charge in [-0.25, -0.2) is 4.39 Å². The number of aromatic nitrogens is 1. The number of benzene rings is 1. The Morgan fingerprint density at radius 2 is 1.79 bits per heavy atom. The highest BCUT2D eigenvalue weighted by atomic mass is 19.4. The number of rotatable bonds is 5. The molecule has 1 aliphatic carbocycles. The van der Waals surface area contributed by atoms with E-state index in [0.717, 1.165) is 23.7 Å². The first-order valence-electron chi connectivity index (χ1n) is 10.1. The average Bonchev–Trinajstić information content (AvgIpc) is 2.68. The quantitative estimate of drug-likeness (QED) is 0.476. The zero-order valence-electron chi connectivity index (χ0n) is 16.4. The first-order valence-corrected chi connectivity index (χ1v) is 10.1. The van der Waals surface area contributed by atoms with Crippen LogP contribution >= 0.6 is 0 Å². The van der Waals surface area contributed by atoms with Gasteiger partial charge >= 0.3 is 6.18 Å². The molecule has 0 spiro atoms. The van der Waals surface area contributed by atoms with E-state index in [1.54, 1.807) is 6.07 Å². The lowest BCUT2D eigenvalue weighted by Gasteiger charge is -2.32. The first kappa shape index (κ1) is 20.8. The number of halogens is 4. The third kappa shape index (κ3) is 4.73. The molecule has 3 rings (SSSR count). The number of alkyl halides is 3. The molecule has 1 nitrogen and oxygen atoms in total. The SMILES string of the molecule is CCCC1CCC(C(C)c2ccc(-c3ccc(C(F)(F)F)nc3)c(F)c2)CC1. The van der Waals surface area contributed by atoms with Crippen LogP contribution in [0.15, 0.2) is 36.5 Å². The van der Waals surface area contributed by atoms with Crippen molar-refractivity contribution in [3.05, 3.63) is 53.6 Å². The van der Waals surface area contributed by atoms with Crippen molar-refractivity contribution in [1.29, 1.82) is 0 Å². The fraction of sp³-hybridized carbons (Fsp3) is 0.522. The van der Waals surface area contributed by atoms with Crippen LogP contribution in [0.2, 0.25) is 0 Å². The summed E-state index contributed by atoms with van der Waals surface area (Å²) in [7, 11) is 0. The Hall–Kier alpha value is -1.91. The molecule has 0 aliphatic heterocycles. The van der Waals surface area contributed by atoms with E-state index in [1.807, 2.05) is 6.07 Å². The first-order chi connectivity index (χ1) is 13.3. The van der Waals surface area contributed by atoms with Crippen molar-refractivity contribution in [3.8, 4) is 11.1 Å². The van der Waals surface area contributed by atoms with Crippen LogP contribution in [0.5, 0.6) is 0 Å². The van der Waals surface area contributed by atoms with Gasteiger partial charge in [-0.1, -0.05) is 57.7 Å². The van der Waals surface area contributed by atoms with Crippen molar-refractivity contribution in [2.45, 2.75) is 64.5 Å². The number of hydrogen-bond acceptors (Lipinski definition) is 1. The van der Waals surface area contributed by atoms with E-state index in [9.17, 15) is 17.6 Å². The van der Waals surface area contributed by atoms with Gasteiger partial charge in [0.25, 0.3) is 0 Å². The maximum Gasteiger partial charge on any atom is 0.433 e. The Bertz CT molecular complexity index is 774. The highest BCUT2D eigenvalue weighted by Crippen LogP contribution is 2.40.